The van der Waals surface area contributed by atoms with Crippen molar-refractivity contribution in [1.82, 2.24) is 0 Å². The van der Waals surface area contributed by atoms with Crippen LogP contribution in [0.2, 0.25) is 0 Å². The summed E-state index contributed by atoms with van der Waals surface area (Å²) in [5.41, 5.74) is -0.459. The fraction of sp³-hybridized carbons (Fsp3) is 0.0714. The Morgan fingerprint density at radius 1 is 1.27 bits per heavy atom. The number of benzene rings is 2. The van der Waals surface area contributed by atoms with E-state index in [1.807, 2.05) is 0 Å². The van der Waals surface area contributed by atoms with Crippen molar-refractivity contribution >= 4 is 17.3 Å². The van der Waals surface area contributed by atoms with Crippen LogP contribution in [0.25, 0.3) is 0 Å². The molecule has 0 aromatic heterocycles. The number of fused-ring (bicyclic) bond motifs is 1. The minimum absolute atomic E-state index is 0.00365. The molecule has 1 aliphatic rings. The predicted octanol–water partition coefficient (Wildman–Crippen LogP) is 2.71. The van der Waals surface area contributed by atoms with Gasteiger partial charge in [-0.25, -0.2) is 4.39 Å². The number of ether oxygens (including phenoxy) is 2. The van der Waals surface area contributed by atoms with Crippen molar-refractivity contribution in [3.05, 3.63) is 57.9 Å². The molecule has 1 aliphatic heterocycles. The zero-order valence-corrected chi connectivity index (χ0v) is 11.0. The van der Waals surface area contributed by atoms with E-state index in [-0.39, 0.29) is 23.8 Å². The van der Waals surface area contributed by atoms with E-state index in [2.05, 4.69) is 5.32 Å². The van der Waals surface area contributed by atoms with E-state index in [9.17, 15) is 19.3 Å². The first-order valence-corrected chi connectivity index (χ1v) is 6.20. The molecular formula is C14H9FN2O5. The first-order valence-electron chi connectivity index (χ1n) is 6.20. The first-order chi connectivity index (χ1) is 10.6. The van der Waals surface area contributed by atoms with Gasteiger partial charge in [0, 0.05) is 0 Å². The normalized spacial score (nSPS) is 12.0. The minimum Gasteiger partial charge on any atom is -0.454 e. The van der Waals surface area contributed by atoms with E-state index < -0.39 is 22.3 Å². The Bertz CT molecular complexity index is 778. The molecule has 0 aliphatic carbocycles. The van der Waals surface area contributed by atoms with E-state index in [0.29, 0.717) is 5.75 Å². The monoisotopic (exact) mass is 304 g/mol. The van der Waals surface area contributed by atoms with Gasteiger partial charge in [-0.15, -0.1) is 0 Å². The van der Waals surface area contributed by atoms with E-state index >= 15 is 0 Å². The molecule has 1 N–H and O–H groups in total. The molecule has 0 radical (unpaired) electrons. The molecule has 1 amide bonds. The molecule has 8 heteroatoms. The van der Waals surface area contributed by atoms with Gasteiger partial charge in [0.15, 0.2) is 11.5 Å². The second kappa shape index (κ2) is 5.32. The Morgan fingerprint density at radius 2 is 2.09 bits per heavy atom. The molecule has 0 atom stereocenters. The summed E-state index contributed by atoms with van der Waals surface area (Å²) in [5, 5.41) is 13.3. The number of nitrogens with one attached hydrogen (secondary N) is 1. The number of anilines is 1. The fourth-order valence-electron chi connectivity index (χ4n) is 2.06. The van der Waals surface area contributed by atoms with Crippen molar-refractivity contribution in [1.29, 1.82) is 0 Å². The summed E-state index contributed by atoms with van der Waals surface area (Å²) in [6.45, 7) is -0.00365. The van der Waals surface area contributed by atoms with Crippen molar-refractivity contribution in [2.24, 2.45) is 0 Å². The number of nitrogens with zero attached hydrogens (tertiary/aromatic N) is 1. The maximum Gasteiger partial charge on any atom is 0.295 e. The molecular weight excluding hydrogens is 295 g/mol. The number of nitro benzene ring substituents is 1. The quantitative estimate of drug-likeness (QED) is 0.695. The maximum atomic E-state index is 13.1. The second-order valence-electron chi connectivity index (χ2n) is 4.41. The van der Waals surface area contributed by atoms with Crippen LogP contribution in [0.3, 0.4) is 0 Å². The first kappa shape index (κ1) is 13.8. The Labute approximate surface area is 123 Å². The molecule has 0 spiro atoms. The van der Waals surface area contributed by atoms with Gasteiger partial charge in [0.2, 0.25) is 6.79 Å². The average molecular weight is 304 g/mol. The van der Waals surface area contributed by atoms with Crippen LogP contribution in [0.5, 0.6) is 11.5 Å². The minimum atomic E-state index is -0.770. The fourth-order valence-corrected chi connectivity index (χ4v) is 2.06. The van der Waals surface area contributed by atoms with E-state index in [0.717, 1.165) is 18.2 Å². The summed E-state index contributed by atoms with van der Waals surface area (Å²) in [7, 11) is 0. The highest BCUT2D eigenvalue weighted by Gasteiger charge is 2.24. The number of amides is 1. The van der Waals surface area contributed by atoms with Crippen molar-refractivity contribution in [3.8, 4) is 11.5 Å². The van der Waals surface area contributed by atoms with Crippen LogP contribution in [0.1, 0.15) is 10.4 Å². The summed E-state index contributed by atoms with van der Waals surface area (Å²) in [4.78, 5) is 22.4. The number of carbonyl (C=O) groups excluding carboxylic acids is 1. The zero-order valence-electron chi connectivity index (χ0n) is 11.0. The van der Waals surface area contributed by atoms with Crippen LogP contribution < -0.4 is 14.8 Å². The van der Waals surface area contributed by atoms with Gasteiger partial charge < -0.3 is 14.8 Å². The second-order valence-corrected chi connectivity index (χ2v) is 4.41. The molecule has 22 heavy (non-hydrogen) atoms. The van der Waals surface area contributed by atoms with Gasteiger partial charge >= 0.3 is 0 Å². The molecule has 2 aromatic rings. The average Bonchev–Trinajstić information content (AvgIpc) is 2.97. The van der Waals surface area contributed by atoms with Crippen molar-refractivity contribution < 1.29 is 23.6 Å². The number of rotatable bonds is 3. The van der Waals surface area contributed by atoms with Crippen LogP contribution in [-0.4, -0.2) is 17.6 Å². The SMILES string of the molecule is O=C(Nc1ccc(F)cc1[N+](=O)[O-])c1cccc2c1OCO2. The molecule has 7 nitrogen and oxygen atoms in total. The molecule has 2 aromatic carbocycles. The third-order valence-electron chi connectivity index (χ3n) is 3.05. The maximum absolute atomic E-state index is 13.1. The van der Waals surface area contributed by atoms with E-state index in [1.165, 1.54) is 6.07 Å². The number of carbonyl (C=O) groups is 1. The number of para-hydroxylation sites is 1. The smallest absolute Gasteiger partial charge is 0.295 e. The molecule has 0 bridgehead atoms. The Balaban J connectivity index is 1.93. The topological polar surface area (TPSA) is 90.7 Å². The van der Waals surface area contributed by atoms with Crippen molar-refractivity contribution in [3.63, 3.8) is 0 Å². The molecule has 0 unspecified atom stereocenters. The molecule has 112 valence electrons. The Kier molecular flexibility index (Phi) is 3.34. The highest BCUT2D eigenvalue weighted by Crippen LogP contribution is 2.36. The van der Waals surface area contributed by atoms with Crippen LogP contribution in [0, 0.1) is 15.9 Å². The predicted molar refractivity (Wildman–Crippen MR) is 73.6 cm³/mol. The largest absolute Gasteiger partial charge is 0.454 e. The lowest BCUT2D eigenvalue weighted by atomic mass is 10.1. The van der Waals surface area contributed by atoms with Crippen LogP contribution in [-0.2, 0) is 0 Å². The molecule has 0 saturated carbocycles. The van der Waals surface area contributed by atoms with Gasteiger partial charge in [0.05, 0.1) is 16.6 Å². The van der Waals surface area contributed by atoms with Gasteiger partial charge in [-0.2, -0.15) is 0 Å². The summed E-state index contributed by atoms with van der Waals surface area (Å²) in [6, 6.07) is 7.63. The summed E-state index contributed by atoms with van der Waals surface area (Å²) in [5.74, 6) is -0.690. The lowest BCUT2D eigenvalue weighted by molar-refractivity contribution is -0.384. The van der Waals surface area contributed by atoms with Gasteiger partial charge in [-0.05, 0) is 24.3 Å². The summed E-state index contributed by atoms with van der Waals surface area (Å²) in [6.07, 6.45) is 0. The van der Waals surface area contributed by atoms with E-state index in [1.54, 1.807) is 12.1 Å². The highest BCUT2D eigenvalue weighted by atomic mass is 19.1. The van der Waals surface area contributed by atoms with Crippen molar-refractivity contribution in [2.75, 3.05) is 12.1 Å². The number of nitro groups is 1. The van der Waals surface area contributed by atoms with Gasteiger partial charge in [0.25, 0.3) is 11.6 Å². The molecule has 0 fully saturated rings. The van der Waals surface area contributed by atoms with Gasteiger partial charge in [0.1, 0.15) is 11.5 Å². The third-order valence-corrected chi connectivity index (χ3v) is 3.05. The van der Waals surface area contributed by atoms with Crippen LogP contribution in [0.4, 0.5) is 15.8 Å². The molecule has 0 saturated heterocycles. The number of hydrogen-bond acceptors (Lipinski definition) is 5. The lowest BCUT2D eigenvalue weighted by Crippen LogP contribution is -2.14. The third kappa shape index (κ3) is 2.41. The van der Waals surface area contributed by atoms with Gasteiger partial charge in [-0.3, -0.25) is 14.9 Å². The molecule has 3 rings (SSSR count). The lowest BCUT2D eigenvalue weighted by Gasteiger charge is -2.08. The summed E-state index contributed by atoms with van der Waals surface area (Å²) < 4.78 is 23.5. The molecule has 1 heterocycles. The van der Waals surface area contributed by atoms with Crippen molar-refractivity contribution in [2.45, 2.75) is 0 Å². The number of hydrogen-bond donors (Lipinski definition) is 1. The van der Waals surface area contributed by atoms with Crippen LogP contribution in [0.15, 0.2) is 36.4 Å². The Morgan fingerprint density at radius 3 is 2.86 bits per heavy atom. The summed E-state index contributed by atoms with van der Waals surface area (Å²) >= 11 is 0. The van der Waals surface area contributed by atoms with Gasteiger partial charge in [-0.1, -0.05) is 6.07 Å². The standard InChI is InChI=1S/C14H9FN2O5/c15-8-4-5-10(11(6-8)17(19)20)16-14(18)9-2-1-3-12-13(9)22-7-21-12/h1-6H,7H2,(H,16,18). The highest BCUT2D eigenvalue weighted by molar-refractivity contribution is 6.07. The number of halogens is 1. The van der Waals surface area contributed by atoms with E-state index in [4.69, 9.17) is 9.47 Å². The zero-order chi connectivity index (χ0) is 15.7. The Hall–Kier alpha value is -3.16. The van der Waals surface area contributed by atoms with Crippen LogP contribution >= 0.6 is 0 Å².